The van der Waals surface area contributed by atoms with Gasteiger partial charge in [0.05, 0.1) is 17.0 Å². The van der Waals surface area contributed by atoms with Gasteiger partial charge in [-0.15, -0.1) is 0 Å². The van der Waals surface area contributed by atoms with Crippen molar-refractivity contribution in [1.82, 2.24) is 4.90 Å². The van der Waals surface area contributed by atoms with E-state index >= 15 is 0 Å². The third kappa shape index (κ3) is 2.85. The maximum absolute atomic E-state index is 13.8. The number of hydrogen-bond acceptors (Lipinski definition) is 4. The highest BCUT2D eigenvalue weighted by molar-refractivity contribution is 5.99. The second-order valence-corrected chi connectivity index (χ2v) is 7.23. The van der Waals surface area contributed by atoms with Crippen LogP contribution >= 0.6 is 0 Å². The van der Waals surface area contributed by atoms with Crippen molar-refractivity contribution in [3.8, 4) is 5.75 Å². The zero-order chi connectivity index (χ0) is 20.8. The van der Waals surface area contributed by atoms with E-state index in [9.17, 15) is 19.1 Å². The van der Waals surface area contributed by atoms with E-state index in [0.717, 1.165) is 11.6 Å². The van der Waals surface area contributed by atoms with Crippen molar-refractivity contribution in [2.45, 2.75) is 12.6 Å². The predicted molar refractivity (Wildman–Crippen MR) is 109 cm³/mol. The lowest BCUT2D eigenvalue weighted by atomic mass is 9.98. The molecule has 148 valence electrons. The van der Waals surface area contributed by atoms with Crippen LogP contribution in [0.15, 0.2) is 82.0 Å². The first kappa shape index (κ1) is 18.1. The number of rotatable bonds is 3. The molecule has 0 radical (unpaired) electrons. The van der Waals surface area contributed by atoms with E-state index in [1.807, 2.05) is 30.3 Å². The van der Waals surface area contributed by atoms with Gasteiger partial charge in [0.25, 0.3) is 5.91 Å². The molecule has 0 spiro atoms. The van der Waals surface area contributed by atoms with Gasteiger partial charge >= 0.3 is 0 Å². The van der Waals surface area contributed by atoms with Crippen molar-refractivity contribution < 1.29 is 18.7 Å². The molecule has 0 bridgehead atoms. The topological polar surface area (TPSA) is 70.8 Å². The predicted octanol–water partition coefficient (Wildman–Crippen LogP) is 4.38. The molecule has 1 amide bonds. The highest BCUT2D eigenvalue weighted by Gasteiger charge is 2.42. The van der Waals surface area contributed by atoms with Crippen LogP contribution in [0.2, 0.25) is 0 Å². The molecule has 30 heavy (non-hydrogen) atoms. The minimum absolute atomic E-state index is 0.0342. The fourth-order valence-electron chi connectivity index (χ4n) is 3.94. The second kappa shape index (κ2) is 6.84. The van der Waals surface area contributed by atoms with E-state index in [4.69, 9.17) is 4.42 Å². The highest BCUT2D eigenvalue weighted by atomic mass is 19.1. The van der Waals surface area contributed by atoms with Gasteiger partial charge in [-0.3, -0.25) is 9.59 Å². The van der Waals surface area contributed by atoms with E-state index in [0.29, 0.717) is 5.56 Å². The van der Waals surface area contributed by atoms with Crippen LogP contribution in [0.25, 0.3) is 11.0 Å². The third-order valence-corrected chi connectivity index (χ3v) is 5.33. The summed E-state index contributed by atoms with van der Waals surface area (Å²) in [4.78, 5) is 28.2. The SMILES string of the molecule is O=C1c2oc3ccc(F)cc3c(=O)c2[C@H](c2ccc(O)cc2)N1Cc1ccccc1. The third-order valence-electron chi connectivity index (χ3n) is 5.33. The summed E-state index contributed by atoms with van der Waals surface area (Å²) >= 11 is 0. The van der Waals surface area contributed by atoms with Crippen molar-refractivity contribution >= 4 is 16.9 Å². The first-order valence-corrected chi connectivity index (χ1v) is 9.43. The maximum Gasteiger partial charge on any atom is 0.291 e. The number of carbonyl (C=O) groups is 1. The Morgan fingerprint density at radius 3 is 2.43 bits per heavy atom. The van der Waals surface area contributed by atoms with Crippen molar-refractivity contribution in [2.75, 3.05) is 0 Å². The lowest BCUT2D eigenvalue weighted by Crippen LogP contribution is -2.29. The zero-order valence-electron chi connectivity index (χ0n) is 15.7. The van der Waals surface area contributed by atoms with Gasteiger partial charge in [-0.25, -0.2) is 4.39 Å². The molecule has 0 fully saturated rings. The van der Waals surface area contributed by atoms with Crippen LogP contribution in [-0.2, 0) is 6.54 Å². The molecule has 1 atom stereocenters. The molecular weight excluding hydrogens is 385 g/mol. The Labute approximate surface area is 170 Å². The normalized spacial score (nSPS) is 15.6. The van der Waals surface area contributed by atoms with Gasteiger partial charge in [-0.1, -0.05) is 42.5 Å². The number of aromatic hydroxyl groups is 1. The Bertz CT molecular complexity index is 1330. The van der Waals surface area contributed by atoms with Crippen LogP contribution in [0.1, 0.15) is 33.3 Å². The second-order valence-electron chi connectivity index (χ2n) is 7.23. The minimum Gasteiger partial charge on any atom is -0.508 e. The molecule has 5 rings (SSSR count). The average molecular weight is 401 g/mol. The molecule has 1 aromatic heterocycles. The molecule has 1 aliphatic heterocycles. The van der Waals surface area contributed by atoms with Gasteiger partial charge in [0.1, 0.15) is 17.1 Å². The number of halogens is 1. The van der Waals surface area contributed by atoms with E-state index < -0.39 is 23.2 Å². The number of hydrogen-bond donors (Lipinski definition) is 1. The van der Waals surface area contributed by atoms with Crippen LogP contribution < -0.4 is 5.43 Å². The molecule has 3 aromatic carbocycles. The van der Waals surface area contributed by atoms with Gasteiger partial charge < -0.3 is 14.4 Å². The van der Waals surface area contributed by atoms with Crippen LogP contribution in [0.4, 0.5) is 4.39 Å². The van der Waals surface area contributed by atoms with Crippen LogP contribution in [0.5, 0.6) is 5.75 Å². The smallest absolute Gasteiger partial charge is 0.291 e. The fraction of sp³-hybridized carbons (Fsp3) is 0.0833. The lowest BCUT2D eigenvalue weighted by molar-refractivity contribution is 0.0714. The van der Waals surface area contributed by atoms with Crippen molar-refractivity contribution in [3.63, 3.8) is 0 Å². The Morgan fingerprint density at radius 1 is 0.967 bits per heavy atom. The monoisotopic (exact) mass is 401 g/mol. The summed E-state index contributed by atoms with van der Waals surface area (Å²) < 4.78 is 19.6. The lowest BCUT2D eigenvalue weighted by Gasteiger charge is -2.25. The molecule has 4 aromatic rings. The van der Waals surface area contributed by atoms with E-state index in [-0.39, 0.29) is 34.6 Å². The highest BCUT2D eigenvalue weighted by Crippen LogP contribution is 2.39. The number of benzene rings is 3. The molecule has 0 unspecified atom stereocenters. The zero-order valence-corrected chi connectivity index (χ0v) is 15.7. The maximum atomic E-state index is 13.8. The number of nitrogens with zero attached hydrogens (tertiary/aromatic N) is 1. The van der Waals surface area contributed by atoms with Gasteiger partial charge in [0, 0.05) is 6.54 Å². The van der Waals surface area contributed by atoms with Crippen LogP contribution in [0.3, 0.4) is 0 Å². The average Bonchev–Trinajstić information content (AvgIpc) is 3.02. The molecule has 6 heteroatoms. The quantitative estimate of drug-likeness (QED) is 0.553. The van der Waals surface area contributed by atoms with E-state index in [1.54, 1.807) is 17.0 Å². The van der Waals surface area contributed by atoms with Crippen LogP contribution in [0, 0.1) is 5.82 Å². The number of fused-ring (bicyclic) bond motifs is 2. The Morgan fingerprint density at radius 2 is 1.70 bits per heavy atom. The minimum atomic E-state index is -0.711. The molecular formula is C24H16FNO4. The number of phenols is 1. The number of phenolic OH excluding ortho intramolecular Hbond substituents is 1. The first-order chi connectivity index (χ1) is 14.5. The largest absolute Gasteiger partial charge is 0.508 e. The van der Waals surface area contributed by atoms with Gasteiger partial charge in [0.2, 0.25) is 5.76 Å². The molecule has 1 aliphatic rings. The fourth-order valence-corrected chi connectivity index (χ4v) is 3.94. The van der Waals surface area contributed by atoms with Gasteiger partial charge in [-0.05, 0) is 41.5 Å². The van der Waals surface area contributed by atoms with Crippen molar-refractivity contribution in [1.29, 1.82) is 0 Å². The number of carbonyl (C=O) groups excluding carboxylic acids is 1. The first-order valence-electron chi connectivity index (χ1n) is 9.43. The Hall–Kier alpha value is -3.93. The summed E-state index contributed by atoms with van der Waals surface area (Å²) in [5, 5.41) is 9.76. The molecule has 0 saturated carbocycles. The summed E-state index contributed by atoms with van der Waals surface area (Å²) in [5.74, 6) is -0.921. The molecule has 1 N–H and O–H groups in total. The summed E-state index contributed by atoms with van der Waals surface area (Å²) in [6.45, 7) is 0.263. The molecule has 0 saturated heterocycles. The Balaban J connectivity index is 1.74. The summed E-state index contributed by atoms with van der Waals surface area (Å²) in [7, 11) is 0. The summed E-state index contributed by atoms with van der Waals surface area (Å²) in [6, 6.07) is 18.7. The van der Waals surface area contributed by atoms with Gasteiger partial charge in [0.15, 0.2) is 5.43 Å². The van der Waals surface area contributed by atoms with E-state index in [2.05, 4.69) is 0 Å². The van der Waals surface area contributed by atoms with E-state index in [1.165, 1.54) is 24.3 Å². The molecule has 2 heterocycles. The molecule has 5 nitrogen and oxygen atoms in total. The Kier molecular flexibility index (Phi) is 4.13. The molecule has 0 aliphatic carbocycles. The summed E-state index contributed by atoms with van der Waals surface area (Å²) in [5.41, 5.74) is 1.45. The van der Waals surface area contributed by atoms with Crippen molar-refractivity contribution in [2.24, 2.45) is 0 Å². The van der Waals surface area contributed by atoms with Crippen molar-refractivity contribution in [3.05, 3.63) is 111 Å². The standard InChI is InChI=1S/C24H16FNO4/c25-16-8-11-19-18(12-16)22(28)20-21(15-6-9-17(27)10-7-15)26(24(29)23(20)30-19)13-14-4-2-1-3-5-14/h1-12,21,27H,13H2/t21-/m0/s1. The number of amides is 1. The summed E-state index contributed by atoms with van der Waals surface area (Å²) in [6.07, 6.45) is 0. The van der Waals surface area contributed by atoms with Crippen LogP contribution in [-0.4, -0.2) is 15.9 Å². The van der Waals surface area contributed by atoms with Gasteiger partial charge in [-0.2, -0.15) is 0 Å².